The summed E-state index contributed by atoms with van der Waals surface area (Å²) in [6.07, 6.45) is -2.03. The normalized spacial score (nSPS) is 20.0. The van der Waals surface area contributed by atoms with E-state index in [-0.39, 0.29) is 12.5 Å². The van der Waals surface area contributed by atoms with Gasteiger partial charge in [0.1, 0.15) is 0 Å². The number of nitrogens with two attached hydrogens (primary N) is 1. The number of likely N-dealkylation sites (tertiary alicyclic amines) is 1. The highest BCUT2D eigenvalue weighted by atomic mass is 19.4. The Kier molecular flexibility index (Phi) is 5.87. The topological polar surface area (TPSA) is 53.6 Å². The monoisotopic (exact) mass is 328 g/mol. The molecule has 1 unspecified atom stereocenters. The molecule has 3 N–H and O–H groups in total. The van der Waals surface area contributed by atoms with Crippen molar-refractivity contribution in [3.8, 4) is 0 Å². The molecule has 128 valence electrons. The number of benzene rings is 1. The molecule has 0 aliphatic carbocycles. The molecule has 0 amide bonds. The first-order valence-electron chi connectivity index (χ1n) is 7.84. The summed E-state index contributed by atoms with van der Waals surface area (Å²) in [5.41, 5.74) is 5.63. The van der Waals surface area contributed by atoms with Gasteiger partial charge in [-0.25, -0.2) is 4.99 Å². The van der Waals surface area contributed by atoms with Gasteiger partial charge in [-0.1, -0.05) is 19.1 Å². The van der Waals surface area contributed by atoms with Gasteiger partial charge >= 0.3 is 6.18 Å². The Bertz CT molecular complexity index is 542. The van der Waals surface area contributed by atoms with Crippen LogP contribution < -0.4 is 11.1 Å². The number of nitrogens with one attached hydrogen (secondary N) is 1. The molecule has 0 saturated carbocycles. The van der Waals surface area contributed by atoms with Gasteiger partial charge in [-0.3, -0.25) is 4.90 Å². The number of hydrogen-bond acceptors (Lipinski definition) is 2. The number of guanidine groups is 1. The highest BCUT2D eigenvalue weighted by molar-refractivity contribution is 5.77. The fourth-order valence-corrected chi connectivity index (χ4v) is 2.84. The van der Waals surface area contributed by atoms with Crippen molar-refractivity contribution >= 4 is 5.96 Å². The number of alkyl halides is 3. The Morgan fingerprint density at radius 3 is 2.91 bits per heavy atom. The molecule has 7 heteroatoms. The van der Waals surface area contributed by atoms with E-state index in [1.54, 1.807) is 6.07 Å². The second-order valence-electron chi connectivity index (χ2n) is 5.71. The Morgan fingerprint density at radius 2 is 2.22 bits per heavy atom. The molecule has 0 spiro atoms. The first-order valence-corrected chi connectivity index (χ1v) is 7.84. The first kappa shape index (κ1) is 17.6. The van der Waals surface area contributed by atoms with Gasteiger partial charge < -0.3 is 11.1 Å². The zero-order valence-electron chi connectivity index (χ0n) is 13.2. The van der Waals surface area contributed by atoms with Gasteiger partial charge in [0.25, 0.3) is 0 Å². The minimum Gasteiger partial charge on any atom is -0.370 e. The summed E-state index contributed by atoms with van der Waals surface area (Å²) in [6, 6.07) is 5.60. The highest BCUT2D eigenvalue weighted by Gasteiger charge is 2.30. The van der Waals surface area contributed by atoms with Crippen LogP contribution in [-0.2, 0) is 12.7 Å². The van der Waals surface area contributed by atoms with Crippen molar-refractivity contribution in [1.82, 2.24) is 10.2 Å². The lowest BCUT2D eigenvalue weighted by Gasteiger charge is -2.23. The van der Waals surface area contributed by atoms with Gasteiger partial charge in [0, 0.05) is 12.6 Å². The van der Waals surface area contributed by atoms with Crippen molar-refractivity contribution < 1.29 is 13.2 Å². The van der Waals surface area contributed by atoms with Crippen molar-refractivity contribution in [2.24, 2.45) is 10.7 Å². The third kappa shape index (κ3) is 5.13. The van der Waals surface area contributed by atoms with Crippen LogP contribution in [0.25, 0.3) is 0 Å². The molecule has 1 aliphatic heterocycles. The summed E-state index contributed by atoms with van der Waals surface area (Å²) in [4.78, 5) is 6.51. The van der Waals surface area contributed by atoms with E-state index in [1.807, 2.05) is 0 Å². The van der Waals surface area contributed by atoms with Gasteiger partial charge in [-0.2, -0.15) is 13.2 Å². The number of nitrogens with zero attached hydrogens (tertiary/aromatic N) is 2. The quantitative estimate of drug-likeness (QED) is 0.645. The molecule has 1 atom stereocenters. The molecule has 0 bridgehead atoms. The molecule has 1 aliphatic rings. The Morgan fingerprint density at radius 1 is 1.43 bits per heavy atom. The molecule has 1 aromatic rings. The van der Waals surface area contributed by atoms with Gasteiger partial charge in [-0.15, -0.1) is 0 Å². The predicted molar refractivity (Wildman–Crippen MR) is 85.0 cm³/mol. The van der Waals surface area contributed by atoms with Crippen LogP contribution in [-0.4, -0.2) is 36.5 Å². The second kappa shape index (κ2) is 7.68. The predicted octanol–water partition coefficient (Wildman–Crippen LogP) is 2.59. The second-order valence-corrected chi connectivity index (χ2v) is 5.71. The molecule has 0 radical (unpaired) electrons. The number of halogens is 3. The standard InChI is InChI=1S/C16H23F3N4/c1-2-23-8-4-7-14(23)11-22-15(20)21-10-12-5-3-6-13(9-12)16(17,18)19/h3,5-6,9,14H,2,4,7-8,10-11H2,1H3,(H3,20,21,22). The van der Waals surface area contributed by atoms with Crippen LogP contribution in [0.1, 0.15) is 30.9 Å². The minimum absolute atomic E-state index is 0.130. The Labute approximate surface area is 134 Å². The Balaban J connectivity index is 1.87. The minimum atomic E-state index is -4.34. The van der Waals surface area contributed by atoms with Crippen LogP contribution in [0, 0.1) is 0 Å². The lowest BCUT2D eigenvalue weighted by Crippen LogP contribution is -2.42. The summed E-state index contributed by atoms with van der Waals surface area (Å²) < 4.78 is 38.0. The van der Waals surface area contributed by atoms with Crippen molar-refractivity contribution in [2.45, 2.75) is 38.5 Å². The van der Waals surface area contributed by atoms with Crippen LogP contribution in [0.2, 0.25) is 0 Å². The van der Waals surface area contributed by atoms with E-state index in [9.17, 15) is 13.2 Å². The van der Waals surface area contributed by atoms with Gasteiger partial charge in [-0.05, 0) is 43.6 Å². The van der Waals surface area contributed by atoms with Crippen LogP contribution in [0.5, 0.6) is 0 Å². The van der Waals surface area contributed by atoms with Gasteiger partial charge in [0.15, 0.2) is 5.96 Å². The fourth-order valence-electron chi connectivity index (χ4n) is 2.84. The average molecular weight is 328 g/mol. The van der Waals surface area contributed by atoms with E-state index in [1.165, 1.54) is 12.5 Å². The lowest BCUT2D eigenvalue weighted by atomic mass is 10.1. The average Bonchev–Trinajstić information content (AvgIpc) is 2.98. The lowest BCUT2D eigenvalue weighted by molar-refractivity contribution is -0.137. The third-order valence-corrected chi connectivity index (χ3v) is 4.11. The van der Waals surface area contributed by atoms with Crippen molar-refractivity contribution in [3.63, 3.8) is 0 Å². The summed E-state index contributed by atoms with van der Waals surface area (Å²) in [6.45, 7) is 5.08. The van der Waals surface area contributed by atoms with E-state index in [0.717, 1.165) is 31.6 Å². The first-order chi connectivity index (χ1) is 10.9. The smallest absolute Gasteiger partial charge is 0.370 e. The fraction of sp³-hybridized carbons (Fsp3) is 0.562. The molecule has 1 heterocycles. The van der Waals surface area contributed by atoms with Crippen molar-refractivity contribution in [3.05, 3.63) is 35.4 Å². The molecule has 0 aromatic heterocycles. The SMILES string of the molecule is CCN1CCCC1CNC(N)=NCc1cccc(C(F)(F)F)c1. The molecular formula is C16H23F3N4. The molecule has 23 heavy (non-hydrogen) atoms. The van der Waals surface area contributed by atoms with Crippen molar-refractivity contribution in [2.75, 3.05) is 19.6 Å². The summed E-state index contributed by atoms with van der Waals surface area (Å²) in [7, 11) is 0. The van der Waals surface area contributed by atoms with Crippen molar-refractivity contribution in [1.29, 1.82) is 0 Å². The number of likely N-dealkylation sites (N-methyl/N-ethyl adjacent to an activating group) is 1. The largest absolute Gasteiger partial charge is 0.416 e. The summed E-state index contributed by atoms with van der Waals surface area (Å²) in [5, 5.41) is 3.07. The van der Waals surface area contributed by atoms with E-state index in [2.05, 4.69) is 22.1 Å². The van der Waals surface area contributed by atoms with E-state index in [4.69, 9.17) is 5.73 Å². The zero-order valence-corrected chi connectivity index (χ0v) is 13.2. The summed E-state index contributed by atoms with van der Waals surface area (Å²) >= 11 is 0. The van der Waals surface area contributed by atoms with Crippen LogP contribution in [0.3, 0.4) is 0 Å². The Hall–Kier alpha value is -1.76. The maximum atomic E-state index is 12.7. The number of aliphatic imine (C=N–C) groups is 1. The number of hydrogen-bond donors (Lipinski definition) is 2. The molecule has 2 rings (SSSR count). The molecule has 1 saturated heterocycles. The summed E-state index contributed by atoms with van der Waals surface area (Å²) in [5.74, 6) is 0.269. The van der Waals surface area contributed by atoms with Crippen LogP contribution >= 0.6 is 0 Å². The maximum Gasteiger partial charge on any atom is 0.416 e. The molecule has 1 aromatic carbocycles. The van der Waals surface area contributed by atoms with Gasteiger partial charge in [0.05, 0.1) is 12.1 Å². The van der Waals surface area contributed by atoms with Crippen LogP contribution in [0.15, 0.2) is 29.3 Å². The van der Waals surface area contributed by atoms with Crippen LogP contribution in [0.4, 0.5) is 13.2 Å². The highest BCUT2D eigenvalue weighted by Crippen LogP contribution is 2.29. The van der Waals surface area contributed by atoms with E-state index < -0.39 is 11.7 Å². The van der Waals surface area contributed by atoms with E-state index in [0.29, 0.717) is 18.2 Å². The number of rotatable bonds is 5. The molecular weight excluding hydrogens is 305 g/mol. The molecule has 1 fully saturated rings. The maximum absolute atomic E-state index is 12.7. The van der Waals surface area contributed by atoms with E-state index >= 15 is 0 Å². The van der Waals surface area contributed by atoms with Gasteiger partial charge in [0.2, 0.25) is 0 Å². The third-order valence-electron chi connectivity index (χ3n) is 4.11. The molecule has 4 nitrogen and oxygen atoms in total. The zero-order chi connectivity index (χ0) is 16.9.